The van der Waals surface area contributed by atoms with E-state index in [0.717, 1.165) is 17.0 Å². The molecule has 1 unspecified atom stereocenters. The third-order valence-corrected chi connectivity index (χ3v) is 10.5. The molecule has 30 heavy (non-hydrogen) atoms. The van der Waals surface area contributed by atoms with Gasteiger partial charge in [-0.15, -0.1) is 0 Å². The molecule has 1 atom stereocenters. The number of H-pyrrole nitrogens is 1. The summed E-state index contributed by atoms with van der Waals surface area (Å²) < 4.78 is 0. The van der Waals surface area contributed by atoms with E-state index in [-0.39, 0.29) is 5.66 Å². The zero-order valence-electron chi connectivity index (χ0n) is 16.8. The Hall–Kier alpha value is -3.29. The van der Waals surface area contributed by atoms with Crippen LogP contribution in [0.3, 0.4) is 0 Å². The van der Waals surface area contributed by atoms with E-state index in [4.69, 9.17) is 4.98 Å². The molecular weight excluding hydrogens is 385 g/mol. The van der Waals surface area contributed by atoms with Crippen molar-refractivity contribution in [3.05, 3.63) is 115 Å². The van der Waals surface area contributed by atoms with Crippen LogP contribution in [0, 0.1) is 0 Å². The average Bonchev–Trinajstić information content (AvgIpc) is 3.26. The van der Waals surface area contributed by atoms with Gasteiger partial charge in [0.1, 0.15) is 28.8 Å². The largest absolute Gasteiger partial charge is 0.337 e. The number of fused-ring (bicyclic) bond motifs is 1. The van der Waals surface area contributed by atoms with Crippen LogP contribution in [-0.4, -0.2) is 15.0 Å². The van der Waals surface area contributed by atoms with Crippen molar-refractivity contribution in [1.82, 2.24) is 15.0 Å². The number of hydrogen-bond donors (Lipinski definition) is 1. The van der Waals surface area contributed by atoms with Crippen molar-refractivity contribution in [2.45, 2.75) is 12.6 Å². The van der Waals surface area contributed by atoms with Gasteiger partial charge in [-0.2, -0.15) is 0 Å². The van der Waals surface area contributed by atoms with Crippen molar-refractivity contribution < 1.29 is 0 Å². The van der Waals surface area contributed by atoms with Crippen molar-refractivity contribution >= 4 is 34.3 Å². The average molecular weight is 408 g/mol. The molecule has 0 fully saturated rings. The zero-order chi connectivity index (χ0) is 20.4. The second-order valence-corrected chi connectivity index (χ2v) is 11.2. The monoisotopic (exact) mass is 408 g/mol. The summed E-state index contributed by atoms with van der Waals surface area (Å²) in [5.74, 6) is 0.980. The lowest BCUT2D eigenvalue weighted by Crippen LogP contribution is -2.34. The van der Waals surface area contributed by atoms with Crippen LogP contribution in [0.2, 0.25) is 0 Å². The summed E-state index contributed by atoms with van der Waals surface area (Å²) in [5.41, 5.74) is 1.90. The second kappa shape index (κ2) is 7.85. The van der Waals surface area contributed by atoms with Crippen LogP contribution in [0.25, 0.3) is 11.2 Å². The number of nitrogens with one attached hydrogen (secondary N) is 1. The highest BCUT2D eigenvalue weighted by atomic mass is 31.2. The van der Waals surface area contributed by atoms with Crippen molar-refractivity contribution in [2.75, 3.05) is 0 Å². The van der Waals surface area contributed by atoms with E-state index in [2.05, 4.69) is 108 Å². The molecule has 0 aliphatic rings. The Morgan fingerprint density at radius 2 is 1.17 bits per heavy atom. The summed E-state index contributed by atoms with van der Waals surface area (Å²) in [6.07, 6.45) is 1.80. The number of hydrogen-bond acceptors (Lipinski definition) is 2. The van der Waals surface area contributed by atoms with Crippen LogP contribution in [-0.2, 0) is 0 Å². The fourth-order valence-electron chi connectivity index (χ4n) is 4.35. The molecule has 3 aromatic carbocycles. The molecule has 0 radical (unpaired) electrons. The Morgan fingerprint density at radius 3 is 1.63 bits per heavy atom. The smallest absolute Gasteiger partial charge is 0.177 e. The standard InChI is InChI=1S/C26H23N3P/c1-20(25-28-24-18-11-19-27-26(24)29-25)30(21-12-5-2-6-13-21,22-14-7-3-8-15-22)23-16-9-4-10-17-23/h2-20H,1H3,(H,27,28,29)/q+1. The van der Waals surface area contributed by atoms with E-state index >= 15 is 0 Å². The molecular formula is C26H23N3P+. The van der Waals surface area contributed by atoms with E-state index in [1.165, 1.54) is 15.9 Å². The van der Waals surface area contributed by atoms with Gasteiger partial charge < -0.3 is 4.98 Å². The van der Waals surface area contributed by atoms with Gasteiger partial charge in [0.25, 0.3) is 0 Å². The van der Waals surface area contributed by atoms with E-state index < -0.39 is 7.26 Å². The molecule has 146 valence electrons. The minimum atomic E-state index is -2.04. The van der Waals surface area contributed by atoms with Crippen LogP contribution >= 0.6 is 7.26 Å². The minimum absolute atomic E-state index is 0.152. The number of aromatic amines is 1. The number of nitrogens with zero attached hydrogens (tertiary/aromatic N) is 2. The quantitative estimate of drug-likeness (QED) is 0.415. The SMILES string of the molecule is CC(c1nc2ncccc2[nH]1)[P+](c1ccccc1)(c1ccccc1)c1ccccc1. The summed E-state index contributed by atoms with van der Waals surface area (Å²) in [6, 6.07) is 36.7. The van der Waals surface area contributed by atoms with Crippen LogP contribution in [0.5, 0.6) is 0 Å². The van der Waals surface area contributed by atoms with Crippen LogP contribution in [0.15, 0.2) is 109 Å². The number of rotatable bonds is 5. The van der Waals surface area contributed by atoms with Gasteiger partial charge in [-0.05, 0) is 55.5 Å². The summed E-state index contributed by atoms with van der Waals surface area (Å²) >= 11 is 0. The molecule has 0 amide bonds. The first kappa shape index (κ1) is 18.7. The first-order valence-electron chi connectivity index (χ1n) is 10.2. The third kappa shape index (κ3) is 3.03. The van der Waals surface area contributed by atoms with E-state index in [0.29, 0.717) is 0 Å². The van der Waals surface area contributed by atoms with Gasteiger partial charge in [0.15, 0.2) is 11.5 Å². The van der Waals surface area contributed by atoms with Crippen molar-refractivity contribution in [3.8, 4) is 0 Å². The summed E-state index contributed by atoms with van der Waals surface area (Å²) in [4.78, 5) is 12.9. The first-order chi connectivity index (χ1) is 14.8. The fourth-order valence-corrected chi connectivity index (χ4v) is 9.00. The topological polar surface area (TPSA) is 41.6 Å². The number of aromatic nitrogens is 3. The number of benzene rings is 3. The highest BCUT2D eigenvalue weighted by Gasteiger charge is 2.52. The van der Waals surface area contributed by atoms with E-state index in [1.807, 2.05) is 12.1 Å². The molecule has 0 saturated heterocycles. The highest BCUT2D eigenvalue weighted by Crippen LogP contribution is 2.66. The minimum Gasteiger partial charge on any atom is -0.337 e. The van der Waals surface area contributed by atoms with Gasteiger partial charge >= 0.3 is 0 Å². The van der Waals surface area contributed by atoms with Gasteiger partial charge in [0.05, 0.1) is 5.52 Å². The number of pyridine rings is 1. The molecule has 0 bridgehead atoms. The van der Waals surface area contributed by atoms with Crippen LogP contribution in [0.1, 0.15) is 18.4 Å². The zero-order valence-corrected chi connectivity index (χ0v) is 17.7. The predicted molar refractivity (Wildman–Crippen MR) is 127 cm³/mol. The molecule has 4 heteroatoms. The Labute approximate surface area is 177 Å². The molecule has 0 aliphatic heterocycles. The van der Waals surface area contributed by atoms with Gasteiger partial charge in [0.2, 0.25) is 0 Å². The molecule has 5 aromatic rings. The van der Waals surface area contributed by atoms with Gasteiger partial charge in [0, 0.05) is 6.20 Å². The summed E-state index contributed by atoms with van der Waals surface area (Å²) in [5, 5.41) is 4.05. The van der Waals surface area contributed by atoms with Crippen LogP contribution < -0.4 is 15.9 Å². The summed E-state index contributed by atoms with van der Waals surface area (Å²) in [7, 11) is -2.04. The molecule has 2 aromatic heterocycles. The fraction of sp³-hybridized carbons (Fsp3) is 0.0769. The normalized spacial score (nSPS) is 12.7. The highest BCUT2D eigenvalue weighted by molar-refractivity contribution is 7.95. The van der Waals surface area contributed by atoms with Crippen molar-refractivity contribution in [1.29, 1.82) is 0 Å². The lowest BCUT2D eigenvalue weighted by molar-refractivity contribution is 0.957. The lowest BCUT2D eigenvalue weighted by atomic mass is 10.3. The van der Waals surface area contributed by atoms with E-state index in [9.17, 15) is 0 Å². The molecule has 0 spiro atoms. The number of imidazole rings is 1. The Morgan fingerprint density at radius 1 is 0.667 bits per heavy atom. The van der Waals surface area contributed by atoms with Gasteiger partial charge in [-0.3, -0.25) is 0 Å². The molecule has 2 heterocycles. The van der Waals surface area contributed by atoms with E-state index in [1.54, 1.807) is 6.20 Å². The lowest BCUT2D eigenvalue weighted by Gasteiger charge is -2.32. The maximum Gasteiger partial charge on any atom is 0.177 e. The maximum absolute atomic E-state index is 4.92. The molecule has 3 nitrogen and oxygen atoms in total. The van der Waals surface area contributed by atoms with Gasteiger partial charge in [-0.25, -0.2) is 9.97 Å². The Balaban J connectivity index is 1.83. The summed E-state index contributed by atoms with van der Waals surface area (Å²) in [6.45, 7) is 2.30. The predicted octanol–water partition coefficient (Wildman–Crippen LogP) is 5.01. The Bertz CT molecular complexity index is 1120. The molecule has 0 aliphatic carbocycles. The van der Waals surface area contributed by atoms with Gasteiger partial charge in [-0.1, -0.05) is 54.6 Å². The molecule has 0 saturated carbocycles. The van der Waals surface area contributed by atoms with Crippen molar-refractivity contribution in [2.24, 2.45) is 0 Å². The maximum atomic E-state index is 4.92. The first-order valence-corrected chi connectivity index (χ1v) is 12.0. The van der Waals surface area contributed by atoms with Crippen LogP contribution in [0.4, 0.5) is 0 Å². The second-order valence-electron chi connectivity index (χ2n) is 7.40. The molecule has 5 rings (SSSR count). The molecule has 1 N–H and O–H groups in total. The third-order valence-electron chi connectivity index (χ3n) is 5.74. The van der Waals surface area contributed by atoms with Crippen molar-refractivity contribution in [3.63, 3.8) is 0 Å². The Kier molecular flexibility index (Phi) is 4.90.